The lowest BCUT2D eigenvalue weighted by atomic mass is 9.79. The molecule has 3 atom stereocenters. The van der Waals surface area contributed by atoms with Crippen LogP contribution < -0.4 is 10.7 Å². The number of hydrogen-bond acceptors (Lipinski definition) is 6. The number of carbonyl (C=O) groups is 3. The van der Waals surface area contributed by atoms with Gasteiger partial charge in [-0.05, 0) is 40.0 Å². The second-order valence-corrected chi connectivity index (χ2v) is 6.93. The second-order valence-electron chi connectivity index (χ2n) is 6.93. The molecule has 2 aliphatic rings. The Morgan fingerprint density at radius 1 is 1.13 bits per heavy atom. The number of amides is 2. The average Bonchev–Trinajstić information content (AvgIpc) is 2.37. The quantitative estimate of drug-likeness (QED) is 0.733. The van der Waals surface area contributed by atoms with Crippen molar-refractivity contribution in [1.82, 2.24) is 15.8 Å². The zero-order valence-electron chi connectivity index (χ0n) is 14.0. The van der Waals surface area contributed by atoms with Crippen LogP contribution in [0.25, 0.3) is 0 Å². The Balaban J connectivity index is 1.79. The Labute approximate surface area is 135 Å². The number of carbonyl (C=O) groups excluding carboxylic acids is 3. The summed E-state index contributed by atoms with van der Waals surface area (Å²) in [5, 5.41) is 4.41. The van der Waals surface area contributed by atoms with Gasteiger partial charge in [-0.1, -0.05) is 0 Å². The van der Waals surface area contributed by atoms with E-state index in [1.165, 1.54) is 7.11 Å². The third-order valence-electron chi connectivity index (χ3n) is 4.06. The Hall–Kier alpha value is -1.83. The zero-order valence-corrected chi connectivity index (χ0v) is 14.0. The van der Waals surface area contributed by atoms with Crippen molar-refractivity contribution < 1.29 is 23.9 Å². The Kier molecular flexibility index (Phi) is 5.13. The molecule has 130 valence electrons. The second kappa shape index (κ2) is 6.74. The minimum absolute atomic E-state index is 0.182. The molecule has 8 heteroatoms. The molecule has 0 aromatic carbocycles. The van der Waals surface area contributed by atoms with E-state index in [1.54, 1.807) is 25.8 Å². The molecule has 1 saturated heterocycles. The van der Waals surface area contributed by atoms with Gasteiger partial charge in [0.25, 0.3) is 0 Å². The molecule has 1 aliphatic heterocycles. The highest BCUT2D eigenvalue weighted by atomic mass is 16.6. The molecule has 1 heterocycles. The van der Waals surface area contributed by atoms with E-state index >= 15 is 0 Å². The summed E-state index contributed by atoms with van der Waals surface area (Å²) in [5.41, 5.74) is 1.99. The molecule has 0 aromatic heterocycles. The fourth-order valence-electron chi connectivity index (χ4n) is 2.60. The van der Waals surface area contributed by atoms with Crippen LogP contribution in [0.4, 0.5) is 4.79 Å². The lowest BCUT2D eigenvalue weighted by Crippen LogP contribution is -2.65. The third kappa shape index (κ3) is 4.34. The maximum atomic E-state index is 12.3. The van der Waals surface area contributed by atoms with Crippen LogP contribution in [-0.4, -0.2) is 54.3 Å². The van der Waals surface area contributed by atoms with Crippen molar-refractivity contribution in [2.45, 2.75) is 57.7 Å². The monoisotopic (exact) mass is 327 g/mol. The summed E-state index contributed by atoms with van der Waals surface area (Å²) in [6.07, 6.45) is 1.56. The summed E-state index contributed by atoms with van der Waals surface area (Å²) in [6, 6.07) is -0.611. The molecule has 2 fully saturated rings. The SMILES string of the molecule is COC(=O)[C@H]1CC[C@@H]1NC(=O)[C@@H]1CCN1NC(=O)OC(C)(C)C. The standard InChI is InChI=1S/C15H25N3O5/c1-15(2,3)23-14(21)17-18-8-7-11(18)12(19)16-10-6-5-9(10)13(20)22-4/h9-11H,5-8H2,1-4H3,(H,16,19)(H,17,21)/t9-,10-,11-/m0/s1. The first-order valence-corrected chi connectivity index (χ1v) is 7.86. The first kappa shape index (κ1) is 17.5. The lowest BCUT2D eigenvalue weighted by molar-refractivity contribution is -0.151. The van der Waals surface area contributed by atoms with Gasteiger partial charge in [-0.15, -0.1) is 0 Å². The predicted molar refractivity (Wildman–Crippen MR) is 81.2 cm³/mol. The lowest BCUT2D eigenvalue weighted by Gasteiger charge is -2.42. The van der Waals surface area contributed by atoms with Gasteiger partial charge in [0.2, 0.25) is 5.91 Å². The topological polar surface area (TPSA) is 97.0 Å². The van der Waals surface area contributed by atoms with Crippen molar-refractivity contribution in [1.29, 1.82) is 0 Å². The van der Waals surface area contributed by atoms with Gasteiger partial charge < -0.3 is 14.8 Å². The van der Waals surface area contributed by atoms with E-state index in [1.807, 2.05) is 0 Å². The fourth-order valence-corrected chi connectivity index (χ4v) is 2.60. The van der Waals surface area contributed by atoms with E-state index in [0.29, 0.717) is 13.0 Å². The van der Waals surface area contributed by atoms with E-state index < -0.39 is 17.7 Å². The van der Waals surface area contributed by atoms with Crippen molar-refractivity contribution in [2.24, 2.45) is 5.92 Å². The summed E-state index contributed by atoms with van der Waals surface area (Å²) < 4.78 is 9.88. The number of methoxy groups -OCH3 is 1. The molecular weight excluding hydrogens is 302 g/mol. The highest BCUT2D eigenvalue weighted by Gasteiger charge is 2.42. The van der Waals surface area contributed by atoms with Gasteiger partial charge in [-0.3, -0.25) is 15.0 Å². The molecule has 0 spiro atoms. The first-order chi connectivity index (χ1) is 10.7. The molecule has 0 unspecified atom stereocenters. The molecule has 8 nitrogen and oxygen atoms in total. The van der Waals surface area contributed by atoms with Gasteiger partial charge in [-0.25, -0.2) is 9.80 Å². The highest BCUT2D eigenvalue weighted by molar-refractivity contribution is 5.84. The first-order valence-electron chi connectivity index (χ1n) is 7.86. The predicted octanol–water partition coefficient (Wildman–Crippen LogP) is 0.568. The molecule has 0 aromatic rings. The van der Waals surface area contributed by atoms with Gasteiger partial charge >= 0.3 is 12.1 Å². The number of ether oxygens (including phenoxy) is 2. The van der Waals surface area contributed by atoms with Crippen molar-refractivity contribution in [3.05, 3.63) is 0 Å². The van der Waals surface area contributed by atoms with Crippen LogP contribution in [0.5, 0.6) is 0 Å². The molecule has 2 amide bonds. The molecule has 0 bridgehead atoms. The van der Waals surface area contributed by atoms with E-state index in [9.17, 15) is 14.4 Å². The Bertz CT molecular complexity index is 488. The summed E-state index contributed by atoms with van der Waals surface area (Å²) in [7, 11) is 1.35. The van der Waals surface area contributed by atoms with Crippen molar-refractivity contribution in [2.75, 3.05) is 13.7 Å². The number of esters is 1. The van der Waals surface area contributed by atoms with E-state index in [0.717, 1.165) is 12.8 Å². The van der Waals surface area contributed by atoms with Gasteiger partial charge in [-0.2, -0.15) is 0 Å². The average molecular weight is 327 g/mol. The molecule has 1 saturated carbocycles. The number of hydrazine groups is 1. The molecule has 23 heavy (non-hydrogen) atoms. The summed E-state index contributed by atoms with van der Waals surface area (Å²) in [6.45, 7) is 5.91. The highest BCUT2D eigenvalue weighted by Crippen LogP contribution is 2.29. The molecule has 2 N–H and O–H groups in total. The van der Waals surface area contributed by atoms with Gasteiger partial charge in [0.15, 0.2) is 0 Å². The normalized spacial score (nSPS) is 27.2. The largest absolute Gasteiger partial charge is 0.469 e. The van der Waals surface area contributed by atoms with Crippen molar-refractivity contribution in [3.63, 3.8) is 0 Å². The zero-order chi connectivity index (χ0) is 17.2. The Morgan fingerprint density at radius 3 is 2.26 bits per heavy atom. The molecule has 0 radical (unpaired) electrons. The van der Waals surface area contributed by atoms with E-state index in [-0.39, 0.29) is 23.8 Å². The Morgan fingerprint density at radius 2 is 1.83 bits per heavy atom. The van der Waals surface area contributed by atoms with Crippen LogP contribution in [0.1, 0.15) is 40.0 Å². The number of hydrogen-bond donors (Lipinski definition) is 2. The van der Waals surface area contributed by atoms with Gasteiger partial charge in [0.1, 0.15) is 11.6 Å². The van der Waals surface area contributed by atoms with E-state index in [4.69, 9.17) is 9.47 Å². The van der Waals surface area contributed by atoms with Crippen molar-refractivity contribution >= 4 is 18.0 Å². The molecule has 1 aliphatic carbocycles. The van der Waals surface area contributed by atoms with Crippen LogP contribution in [0, 0.1) is 5.92 Å². The van der Waals surface area contributed by atoms with E-state index in [2.05, 4.69) is 10.7 Å². The van der Waals surface area contributed by atoms with Crippen LogP contribution >= 0.6 is 0 Å². The van der Waals surface area contributed by atoms with Crippen molar-refractivity contribution in [3.8, 4) is 0 Å². The molecular formula is C15H25N3O5. The fraction of sp³-hybridized carbons (Fsp3) is 0.800. The van der Waals surface area contributed by atoms with Gasteiger partial charge in [0.05, 0.1) is 13.0 Å². The summed E-state index contributed by atoms with van der Waals surface area (Å²) >= 11 is 0. The number of nitrogens with zero attached hydrogens (tertiary/aromatic N) is 1. The summed E-state index contributed by atoms with van der Waals surface area (Å²) in [5.74, 6) is -0.749. The van der Waals surface area contributed by atoms with Gasteiger partial charge in [0, 0.05) is 12.6 Å². The third-order valence-corrected chi connectivity index (χ3v) is 4.06. The van der Waals surface area contributed by atoms with Crippen LogP contribution in [0.3, 0.4) is 0 Å². The van der Waals surface area contributed by atoms with Crippen LogP contribution in [-0.2, 0) is 19.1 Å². The number of nitrogens with one attached hydrogen (secondary N) is 2. The number of rotatable bonds is 4. The van der Waals surface area contributed by atoms with Crippen LogP contribution in [0.2, 0.25) is 0 Å². The molecule has 2 rings (SSSR count). The maximum absolute atomic E-state index is 12.3. The minimum atomic E-state index is -0.591. The maximum Gasteiger partial charge on any atom is 0.422 e. The smallest absolute Gasteiger partial charge is 0.422 e. The van der Waals surface area contributed by atoms with Crippen LogP contribution in [0.15, 0.2) is 0 Å². The minimum Gasteiger partial charge on any atom is -0.469 e. The summed E-state index contributed by atoms with van der Waals surface area (Å²) in [4.78, 5) is 35.5.